The van der Waals surface area contributed by atoms with E-state index in [1.807, 2.05) is 0 Å². The van der Waals surface area contributed by atoms with Crippen LogP contribution in [-0.4, -0.2) is 6.61 Å². The molecule has 2 aliphatic rings. The number of allylic oxidation sites excluding steroid dienone is 1. The Morgan fingerprint density at radius 1 is 0.889 bits per heavy atom. The van der Waals surface area contributed by atoms with Crippen LogP contribution in [0.15, 0.2) is 11.8 Å². The Morgan fingerprint density at radius 2 is 1.39 bits per heavy atom. The van der Waals surface area contributed by atoms with Gasteiger partial charge in [-0.25, -0.2) is 0 Å². The van der Waals surface area contributed by atoms with E-state index in [1.165, 1.54) is 64.2 Å². The van der Waals surface area contributed by atoms with Gasteiger partial charge in [0.1, 0.15) is 0 Å². The fourth-order valence-corrected chi connectivity index (χ4v) is 3.67. The van der Waals surface area contributed by atoms with Crippen LogP contribution >= 0.6 is 0 Å². The SMILES string of the molecule is CCCOC=C(C1CCCCC1)C1CCCCC1. The predicted octanol–water partition coefficient (Wildman–Crippen LogP) is 5.46. The number of hydrogen-bond acceptors (Lipinski definition) is 1. The summed E-state index contributed by atoms with van der Waals surface area (Å²) in [5, 5.41) is 0. The van der Waals surface area contributed by atoms with Crippen molar-refractivity contribution in [2.75, 3.05) is 6.61 Å². The molecule has 2 fully saturated rings. The highest BCUT2D eigenvalue weighted by atomic mass is 16.5. The van der Waals surface area contributed by atoms with Crippen molar-refractivity contribution < 1.29 is 4.74 Å². The van der Waals surface area contributed by atoms with E-state index in [4.69, 9.17) is 4.74 Å². The molecule has 0 aliphatic heterocycles. The highest BCUT2D eigenvalue weighted by Crippen LogP contribution is 2.39. The van der Waals surface area contributed by atoms with E-state index >= 15 is 0 Å². The summed E-state index contributed by atoms with van der Waals surface area (Å²) >= 11 is 0. The van der Waals surface area contributed by atoms with Gasteiger partial charge in [-0.05, 0) is 49.5 Å². The van der Waals surface area contributed by atoms with Crippen molar-refractivity contribution in [3.63, 3.8) is 0 Å². The first-order valence-corrected chi connectivity index (χ1v) is 8.23. The van der Waals surface area contributed by atoms with Crippen LogP contribution in [0.2, 0.25) is 0 Å². The molecule has 2 aliphatic carbocycles. The summed E-state index contributed by atoms with van der Waals surface area (Å²) in [6.45, 7) is 3.08. The van der Waals surface area contributed by atoms with Crippen LogP contribution in [0.4, 0.5) is 0 Å². The molecule has 0 aromatic heterocycles. The van der Waals surface area contributed by atoms with Crippen molar-refractivity contribution in [1.29, 1.82) is 0 Å². The molecule has 0 atom stereocenters. The first-order valence-electron chi connectivity index (χ1n) is 8.23. The zero-order valence-corrected chi connectivity index (χ0v) is 12.1. The van der Waals surface area contributed by atoms with Gasteiger partial charge in [0, 0.05) is 0 Å². The van der Waals surface area contributed by atoms with Gasteiger partial charge >= 0.3 is 0 Å². The molecule has 0 aromatic carbocycles. The summed E-state index contributed by atoms with van der Waals surface area (Å²) in [6, 6.07) is 0. The van der Waals surface area contributed by atoms with E-state index in [0.29, 0.717) is 0 Å². The van der Waals surface area contributed by atoms with E-state index in [-0.39, 0.29) is 0 Å². The summed E-state index contributed by atoms with van der Waals surface area (Å²) in [6.07, 6.45) is 17.6. The summed E-state index contributed by atoms with van der Waals surface area (Å²) in [5.41, 5.74) is 1.68. The molecule has 0 aromatic rings. The van der Waals surface area contributed by atoms with Crippen LogP contribution in [0, 0.1) is 11.8 Å². The van der Waals surface area contributed by atoms with E-state index < -0.39 is 0 Å². The van der Waals surface area contributed by atoms with Crippen LogP contribution < -0.4 is 0 Å². The van der Waals surface area contributed by atoms with Gasteiger partial charge in [0.15, 0.2) is 0 Å². The molecule has 1 nitrogen and oxygen atoms in total. The lowest BCUT2D eigenvalue weighted by molar-refractivity contribution is 0.228. The van der Waals surface area contributed by atoms with E-state index in [0.717, 1.165) is 24.9 Å². The third-order valence-electron chi connectivity index (χ3n) is 4.69. The molecule has 2 saturated carbocycles. The minimum absolute atomic E-state index is 0.846. The van der Waals surface area contributed by atoms with Gasteiger partial charge in [-0.3, -0.25) is 0 Å². The Kier molecular flexibility index (Phi) is 6.10. The maximum atomic E-state index is 5.79. The molecule has 0 bridgehead atoms. The Labute approximate surface area is 113 Å². The molecule has 0 spiro atoms. The molecular weight excluding hydrogens is 220 g/mol. The second-order valence-corrected chi connectivity index (χ2v) is 6.16. The maximum absolute atomic E-state index is 5.79. The molecular formula is C17H30O. The van der Waals surface area contributed by atoms with Crippen LogP contribution in [0.5, 0.6) is 0 Å². The predicted molar refractivity (Wildman–Crippen MR) is 77.5 cm³/mol. The summed E-state index contributed by atoms with van der Waals surface area (Å²) in [5.74, 6) is 1.69. The molecule has 0 amide bonds. The molecule has 0 unspecified atom stereocenters. The molecule has 0 radical (unpaired) electrons. The molecule has 104 valence electrons. The number of hydrogen-bond donors (Lipinski definition) is 0. The van der Waals surface area contributed by atoms with E-state index in [1.54, 1.807) is 5.57 Å². The lowest BCUT2D eigenvalue weighted by atomic mass is 9.74. The van der Waals surface area contributed by atoms with Gasteiger partial charge in [-0.2, -0.15) is 0 Å². The minimum atomic E-state index is 0.846. The maximum Gasteiger partial charge on any atom is 0.0870 e. The van der Waals surface area contributed by atoms with E-state index in [2.05, 4.69) is 13.2 Å². The average molecular weight is 250 g/mol. The lowest BCUT2D eigenvalue weighted by Gasteiger charge is -2.32. The van der Waals surface area contributed by atoms with Crippen molar-refractivity contribution in [3.8, 4) is 0 Å². The van der Waals surface area contributed by atoms with Crippen molar-refractivity contribution >= 4 is 0 Å². The summed E-state index contributed by atoms with van der Waals surface area (Å²) in [7, 11) is 0. The smallest absolute Gasteiger partial charge is 0.0870 e. The Balaban J connectivity index is 1.98. The van der Waals surface area contributed by atoms with Crippen molar-refractivity contribution in [2.24, 2.45) is 11.8 Å². The average Bonchev–Trinajstić information content (AvgIpc) is 2.46. The van der Waals surface area contributed by atoms with Crippen LogP contribution in [-0.2, 0) is 4.74 Å². The van der Waals surface area contributed by atoms with Crippen LogP contribution in [0.25, 0.3) is 0 Å². The standard InChI is InChI=1S/C17H30O/c1-2-13-18-14-17(15-9-5-3-6-10-15)16-11-7-4-8-12-16/h14-16H,2-13H2,1H3. The first-order chi connectivity index (χ1) is 8.92. The van der Waals surface area contributed by atoms with Crippen molar-refractivity contribution in [1.82, 2.24) is 0 Å². The quantitative estimate of drug-likeness (QED) is 0.465. The Hall–Kier alpha value is -0.460. The second kappa shape index (κ2) is 7.86. The van der Waals surface area contributed by atoms with Gasteiger partial charge in [-0.1, -0.05) is 45.4 Å². The molecule has 18 heavy (non-hydrogen) atoms. The Morgan fingerprint density at radius 3 is 1.83 bits per heavy atom. The zero-order chi connectivity index (χ0) is 12.6. The third-order valence-corrected chi connectivity index (χ3v) is 4.69. The number of rotatable bonds is 5. The topological polar surface area (TPSA) is 9.23 Å². The van der Waals surface area contributed by atoms with Crippen molar-refractivity contribution in [2.45, 2.75) is 77.6 Å². The monoisotopic (exact) mass is 250 g/mol. The first kappa shape index (κ1) is 14.0. The second-order valence-electron chi connectivity index (χ2n) is 6.16. The molecule has 0 heterocycles. The highest BCUT2D eigenvalue weighted by Gasteiger charge is 2.26. The zero-order valence-electron chi connectivity index (χ0n) is 12.1. The van der Waals surface area contributed by atoms with Gasteiger partial charge in [0.25, 0.3) is 0 Å². The molecule has 1 heteroatoms. The molecule has 0 saturated heterocycles. The van der Waals surface area contributed by atoms with Gasteiger partial charge < -0.3 is 4.74 Å². The van der Waals surface area contributed by atoms with E-state index in [9.17, 15) is 0 Å². The minimum Gasteiger partial charge on any atom is -0.501 e. The largest absolute Gasteiger partial charge is 0.501 e. The van der Waals surface area contributed by atoms with Gasteiger partial charge in [0.2, 0.25) is 0 Å². The third kappa shape index (κ3) is 4.03. The molecule has 0 N–H and O–H groups in total. The summed E-state index contributed by atoms with van der Waals surface area (Å²) < 4.78 is 5.79. The van der Waals surface area contributed by atoms with Crippen LogP contribution in [0.3, 0.4) is 0 Å². The molecule has 2 rings (SSSR count). The fourth-order valence-electron chi connectivity index (χ4n) is 3.67. The summed E-state index contributed by atoms with van der Waals surface area (Å²) in [4.78, 5) is 0. The fraction of sp³-hybridized carbons (Fsp3) is 0.882. The lowest BCUT2D eigenvalue weighted by Crippen LogP contribution is -2.19. The highest BCUT2D eigenvalue weighted by molar-refractivity contribution is 5.10. The van der Waals surface area contributed by atoms with Crippen molar-refractivity contribution in [3.05, 3.63) is 11.8 Å². The normalized spacial score (nSPS) is 22.7. The number of ether oxygens (including phenoxy) is 1. The van der Waals surface area contributed by atoms with Crippen LogP contribution in [0.1, 0.15) is 77.6 Å². The Bertz CT molecular complexity index is 224. The van der Waals surface area contributed by atoms with Gasteiger partial charge in [-0.15, -0.1) is 0 Å². The van der Waals surface area contributed by atoms with Gasteiger partial charge in [0.05, 0.1) is 12.9 Å².